The van der Waals surface area contributed by atoms with Gasteiger partial charge in [0.2, 0.25) is 5.75 Å². The summed E-state index contributed by atoms with van der Waals surface area (Å²) in [5.41, 5.74) is 3.43. The van der Waals surface area contributed by atoms with E-state index in [-0.39, 0.29) is 11.9 Å². The van der Waals surface area contributed by atoms with Crippen LogP contribution >= 0.6 is 11.8 Å². The number of amidine groups is 1. The van der Waals surface area contributed by atoms with Crippen LogP contribution in [0.25, 0.3) is 0 Å². The fourth-order valence-electron chi connectivity index (χ4n) is 4.71. The molecule has 3 aliphatic rings. The highest BCUT2D eigenvalue weighted by Crippen LogP contribution is 2.40. The van der Waals surface area contributed by atoms with E-state index in [1.54, 1.807) is 23.9 Å². The van der Waals surface area contributed by atoms with Gasteiger partial charge in [0.25, 0.3) is 5.91 Å². The molecular weight excluding hydrogens is 478 g/mol. The summed E-state index contributed by atoms with van der Waals surface area (Å²) in [6, 6.07) is 11.1. The van der Waals surface area contributed by atoms with Crippen molar-refractivity contribution in [1.82, 2.24) is 15.1 Å². The molecule has 190 valence electrons. The molecule has 0 aliphatic carbocycles. The van der Waals surface area contributed by atoms with E-state index in [2.05, 4.69) is 25.8 Å². The molecule has 3 aliphatic heterocycles. The standard InChI is InChI=1S/C26H31N5O4S/c1-33-22-12-17(13-23(34-2)24(22)35-3)25(32)28-20-7-5-4-6-19(20)21-15-31-18(16-36-26(31)29-21)14-30-10-8-27-9-11-30/h4-7,12-13,16,21,27H,8-11,14-15H2,1-3H3,(H,28,32). The Morgan fingerprint density at radius 3 is 2.53 bits per heavy atom. The maximum atomic E-state index is 13.3. The molecule has 0 spiro atoms. The van der Waals surface area contributed by atoms with Crippen LogP contribution in [0.4, 0.5) is 5.69 Å². The monoisotopic (exact) mass is 509 g/mol. The maximum absolute atomic E-state index is 13.3. The molecule has 1 saturated heterocycles. The van der Waals surface area contributed by atoms with Gasteiger partial charge in [0.1, 0.15) is 0 Å². The predicted molar refractivity (Wildman–Crippen MR) is 142 cm³/mol. The molecule has 0 aromatic heterocycles. The van der Waals surface area contributed by atoms with Gasteiger partial charge >= 0.3 is 0 Å². The maximum Gasteiger partial charge on any atom is 0.255 e. The Morgan fingerprint density at radius 2 is 1.83 bits per heavy atom. The minimum atomic E-state index is -0.262. The van der Waals surface area contributed by atoms with Gasteiger partial charge in [-0.3, -0.25) is 14.7 Å². The number of amides is 1. The molecule has 10 heteroatoms. The van der Waals surface area contributed by atoms with Crippen molar-refractivity contribution in [2.45, 2.75) is 6.04 Å². The lowest BCUT2D eigenvalue weighted by Crippen LogP contribution is -2.45. The van der Waals surface area contributed by atoms with Crippen LogP contribution in [0.2, 0.25) is 0 Å². The Morgan fingerprint density at radius 1 is 1.11 bits per heavy atom. The largest absolute Gasteiger partial charge is 0.493 e. The molecule has 1 fully saturated rings. The van der Waals surface area contributed by atoms with Crippen molar-refractivity contribution in [1.29, 1.82) is 0 Å². The van der Waals surface area contributed by atoms with Crippen molar-refractivity contribution in [3.63, 3.8) is 0 Å². The van der Waals surface area contributed by atoms with E-state index in [9.17, 15) is 4.79 Å². The van der Waals surface area contributed by atoms with Crippen LogP contribution in [-0.4, -0.2) is 81.5 Å². The Kier molecular flexibility index (Phi) is 7.35. The van der Waals surface area contributed by atoms with Crippen LogP contribution in [0.5, 0.6) is 17.2 Å². The van der Waals surface area contributed by atoms with Crippen LogP contribution in [0.1, 0.15) is 22.0 Å². The molecule has 9 nitrogen and oxygen atoms in total. The number of hydrogen-bond acceptors (Lipinski definition) is 9. The molecule has 2 aromatic rings. The first kappa shape index (κ1) is 24.5. The highest BCUT2D eigenvalue weighted by molar-refractivity contribution is 8.16. The third kappa shape index (κ3) is 4.88. The number of ether oxygens (including phenoxy) is 3. The number of para-hydroxylation sites is 1. The molecule has 5 rings (SSSR count). The number of carbonyl (C=O) groups is 1. The number of thioether (sulfide) groups is 1. The van der Waals surface area contributed by atoms with Crippen molar-refractivity contribution in [3.05, 3.63) is 58.6 Å². The van der Waals surface area contributed by atoms with E-state index in [1.807, 2.05) is 24.3 Å². The molecule has 0 saturated carbocycles. The number of anilines is 1. The van der Waals surface area contributed by atoms with Gasteiger partial charge in [0, 0.05) is 55.2 Å². The number of methoxy groups -OCH3 is 3. The van der Waals surface area contributed by atoms with Crippen molar-refractivity contribution >= 4 is 28.5 Å². The molecule has 1 atom stereocenters. The number of carbonyl (C=O) groups excluding carboxylic acids is 1. The van der Waals surface area contributed by atoms with E-state index in [0.717, 1.165) is 55.7 Å². The van der Waals surface area contributed by atoms with Crippen LogP contribution in [0.3, 0.4) is 0 Å². The predicted octanol–water partition coefficient (Wildman–Crippen LogP) is 3.17. The second-order valence-electron chi connectivity index (χ2n) is 8.75. The molecule has 2 N–H and O–H groups in total. The Labute approximate surface area is 215 Å². The summed E-state index contributed by atoms with van der Waals surface area (Å²) in [4.78, 5) is 23.0. The Bertz CT molecular complexity index is 1170. The summed E-state index contributed by atoms with van der Waals surface area (Å²) in [6.07, 6.45) is 0. The molecule has 0 bridgehead atoms. The van der Waals surface area contributed by atoms with E-state index < -0.39 is 0 Å². The lowest BCUT2D eigenvalue weighted by atomic mass is 10.0. The number of benzene rings is 2. The molecular formula is C26H31N5O4S. The number of piperazine rings is 1. The average molecular weight is 510 g/mol. The highest BCUT2D eigenvalue weighted by atomic mass is 32.2. The fraction of sp³-hybridized carbons (Fsp3) is 0.385. The minimum Gasteiger partial charge on any atom is -0.493 e. The fourth-order valence-corrected chi connectivity index (χ4v) is 5.66. The second-order valence-corrected chi connectivity index (χ2v) is 9.58. The van der Waals surface area contributed by atoms with Crippen molar-refractivity contribution < 1.29 is 19.0 Å². The van der Waals surface area contributed by atoms with E-state index in [4.69, 9.17) is 19.2 Å². The molecule has 1 amide bonds. The van der Waals surface area contributed by atoms with Crippen molar-refractivity contribution in [2.75, 3.05) is 65.9 Å². The topological polar surface area (TPSA) is 87.7 Å². The third-order valence-corrected chi connectivity index (χ3v) is 7.52. The van der Waals surface area contributed by atoms with E-state index in [1.165, 1.54) is 27.0 Å². The summed E-state index contributed by atoms with van der Waals surface area (Å²) >= 11 is 1.68. The van der Waals surface area contributed by atoms with Gasteiger partial charge in [0.15, 0.2) is 16.7 Å². The van der Waals surface area contributed by atoms with Gasteiger partial charge in [-0.2, -0.15) is 0 Å². The van der Waals surface area contributed by atoms with Gasteiger partial charge in [-0.15, -0.1) is 0 Å². The number of hydrogen-bond donors (Lipinski definition) is 2. The lowest BCUT2D eigenvalue weighted by molar-refractivity contribution is 0.102. The Hall–Kier alpha value is -3.21. The lowest BCUT2D eigenvalue weighted by Gasteiger charge is -2.29. The Balaban J connectivity index is 1.32. The number of aliphatic imine (C=N–C) groups is 1. The van der Waals surface area contributed by atoms with Gasteiger partial charge in [0.05, 0.1) is 33.9 Å². The van der Waals surface area contributed by atoms with Crippen LogP contribution in [0, 0.1) is 0 Å². The summed E-state index contributed by atoms with van der Waals surface area (Å²) in [6.45, 7) is 5.87. The van der Waals surface area contributed by atoms with E-state index >= 15 is 0 Å². The number of nitrogens with zero attached hydrogens (tertiary/aromatic N) is 3. The highest BCUT2D eigenvalue weighted by Gasteiger charge is 2.34. The van der Waals surface area contributed by atoms with Crippen molar-refractivity contribution in [2.24, 2.45) is 4.99 Å². The van der Waals surface area contributed by atoms with Crippen LogP contribution in [-0.2, 0) is 0 Å². The smallest absolute Gasteiger partial charge is 0.255 e. The van der Waals surface area contributed by atoms with Gasteiger partial charge in [-0.1, -0.05) is 30.0 Å². The number of nitrogens with one attached hydrogen (secondary N) is 2. The van der Waals surface area contributed by atoms with Crippen LogP contribution < -0.4 is 24.8 Å². The first-order valence-electron chi connectivity index (χ1n) is 12.0. The average Bonchev–Trinajstić information content (AvgIpc) is 3.50. The SMILES string of the molecule is COc1cc(C(=O)Nc2ccccc2C2CN3C(CN4CCNCC4)=CSC3=N2)cc(OC)c1OC. The second kappa shape index (κ2) is 10.8. The quantitative estimate of drug-likeness (QED) is 0.561. The molecule has 36 heavy (non-hydrogen) atoms. The number of rotatable bonds is 8. The summed E-state index contributed by atoms with van der Waals surface area (Å²) in [7, 11) is 4.60. The first-order chi connectivity index (χ1) is 17.6. The first-order valence-corrected chi connectivity index (χ1v) is 12.8. The van der Waals surface area contributed by atoms with Crippen molar-refractivity contribution in [3.8, 4) is 17.2 Å². The summed E-state index contributed by atoms with van der Waals surface area (Å²) in [5.74, 6) is 1.04. The van der Waals surface area contributed by atoms with Gasteiger partial charge < -0.3 is 29.7 Å². The van der Waals surface area contributed by atoms with Crippen LogP contribution in [0.15, 0.2) is 52.5 Å². The van der Waals surface area contributed by atoms with Gasteiger partial charge in [-0.05, 0) is 23.6 Å². The van der Waals surface area contributed by atoms with E-state index in [0.29, 0.717) is 22.8 Å². The zero-order valence-electron chi connectivity index (χ0n) is 20.7. The summed E-state index contributed by atoms with van der Waals surface area (Å²) in [5, 5.41) is 9.72. The molecule has 2 aromatic carbocycles. The number of fused-ring (bicyclic) bond motifs is 1. The zero-order valence-corrected chi connectivity index (χ0v) is 21.6. The molecule has 0 radical (unpaired) electrons. The summed E-state index contributed by atoms with van der Waals surface area (Å²) < 4.78 is 16.2. The molecule has 3 heterocycles. The molecule has 1 unspecified atom stereocenters. The third-order valence-electron chi connectivity index (χ3n) is 6.59. The minimum absolute atomic E-state index is 0.0596. The van der Waals surface area contributed by atoms with Gasteiger partial charge in [-0.25, -0.2) is 0 Å². The zero-order chi connectivity index (χ0) is 25.1. The normalized spacial score (nSPS) is 19.4.